The van der Waals surface area contributed by atoms with E-state index in [0.717, 1.165) is 30.2 Å². The molecule has 2 N–H and O–H groups in total. The molecule has 27 heavy (non-hydrogen) atoms. The number of fused-ring (bicyclic) bond motifs is 1. The van der Waals surface area contributed by atoms with Crippen LogP contribution in [0.5, 0.6) is 0 Å². The van der Waals surface area contributed by atoms with E-state index in [2.05, 4.69) is 19.8 Å². The fraction of sp³-hybridized carbons (Fsp3) is 0.450. The second-order valence-corrected chi connectivity index (χ2v) is 8.10. The number of carbonyl (C=O) groups excluding carboxylic acids is 1. The summed E-state index contributed by atoms with van der Waals surface area (Å²) >= 11 is 0. The van der Waals surface area contributed by atoms with E-state index < -0.39 is 23.3 Å². The van der Waals surface area contributed by atoms with Crippen molar-refractivity contribution >= 4 is 11.9 Å². The van der Waals surface area contributed by atoms with Gasteiger partial charge in [0.2, 0.25) is 0 Å². The van der Waals surface area contributed by atoms with E-state index in [1.165, 1.54) is 0 Å². The van der Waals surface area contributed by atoms with Crippen LogP contribution in [0.4, 0.5) is 0 Å². The van der Waals surface area contributed by atoms with Gasteiger partial charge < -0.3 is 15.0 Å². The molecule has 0 aliphatic carbocycles. The fourth-order valence-corrected chi connectivity index (χ4v) is 3.33. The smallest absolute Gasteiger partial charge is 0.326 e. The van der Waals surface area contributed by atoms with E-state index in [1.54, 1.807) is 20.8 Å². The first-order valence-electron chi connectivity index (χ1n) is 9.05. The summed E-state index contributed by atoms with van der Waals surface area (Å²) in [6.07, 6.45) is 0. The summed E-state index contributed by atoms with van der Waals surface area (Å²) in [5, 5.41) is 12.2. The zero-order valence-electron chi connectivity index (χ0n) is 16.2. The van der Waals surface area contributed by atoms with E-state index in [4.69, 9.17) is 0 Å². The van der Waals surface area contributed by atoms with Gasteiger partial charge in [-0.2, -0.15) is 0 Å². The van der Waals surface area contributed by atoms with Gasteiger partial charge in [-0.15, -0.1) is 0 Å². The third-order valence-corrected chi connectivity index (χ3v) is 4.83. The molecular formula is C20H26N4O3. The molecule has 1 atom stereocenters. The number of benzene rings is 1. The number of carbonyl (C=O) groups is 2. The molecule has 1 amide bonds. The Kier molecular flexibility index (Phi) is 5.06. The number of hydrogen-bond acceptors (Lipinski definition) is 4. The number of nitrogens with zero attached hydrogens (tertiary/aromatic N) is 3. The van der Waals surface area contributed by atoms with Crippen LogP contribution in [0, 0.1) is 5.41 Å². The molecule has 1 aromatic heterocycles. The highest BCUT2D eigenvalue weighted by molar-refractivity contribution is 5.97. The molecule has 0 bridgehead atoms. The summed E-state index contributed by atoms with van der Waals surface area (Å²) in [6.45, 7) is 7.56. The van der Waals surface area contributed by atoms with Crippen molar-refractivity contribution in [2.45, 2.75) is 39.9 Å². The minimum absolute atomic E-state index is 0.302. The summed E-state index contributed by atoms with van der Waals surface area (Å²) in [7, 11) is 2.00. The molecule has 0 saturated carbocycles. The molecule has 3 rings (SSSR count). The Morgan fingerprint density at radius 3 is 2.44 bits per heavy atom. The Bertz CT molecular complexity index is 852. The molecule has 1 aromatic carbocycles. The van der Waals surface area contributed by atoms with Crippen LogP contribution in [0.2, 0.25) is 0 Å². The summed E-state index contributed by atoms with van der Waals surface area (Å²) < 4.78 is 2.07. The van der Waals surface area contributed by atoms with Crippen LogP contribution < -0.4 is 5.32 Å². The number of hydrogen-bond donors (Lipinski definition) is 2. The number of likely N-dealkylation sites (N-methyl/N-ethyl adjacent to an activating group) is 1. The van der Waals surface area contributed by atoms with Crippen LogP contribution in [0.1, 0.15) is 37.0 Å². The third kappa shape index (κ3) is 3.88. The number of amides is 1. The van der Waals surface area contributed by atoms with E-state index in [0.29, 0.717) is 12.2 Å². The highest BCUT2D eigenvalue weighted by atomic mass is 16.4. The Morgan fingerprint density at radius 2 is 1.85 bits per heavy atom. The Balaban J connectivity index is 2.01. The zero-order valence-corrected chi connectivity index (χ0v) is 16.2. The Labute approximate surface area is 159 Å². The number of carboxylic acids is 1. The first kappa shape index (κ1) is 19.1. The van der Waals surface area contributed by atoms with E-state index >= 15 is 0 Å². The zero-order chi connectivity index (χ0) is 19.8. The first-order valence-corrected chi connectivity index (χ1v) is 9.05. The van der Waals surface area contributed by atoms with Gasteiger partial charge in [-0.3, -0.25) is 9.69 Å². The van der Waals surface area contributed by atoms with Gasteiger partial charge in [-0.05, 0) is 12.5 Å². The first-order chi connectivity index (χ1) is 12.7. The molecule has 1 unspecified atom stereocenters. The van der Waals surface area contributed by atoms with Gasteiger partial charge in [0.1, 0.15) is 11.9 Å². The Hall–Kier alpha value is -2.67. The predicted octanol–water partition coefficient (Wildman–Crippen LogP) is 2.22. The molecule has 1 aliphatic rings. The van der Waals surface area contributed by atoms with Crippen LogP contribution in [-0.4, -0.2) is 51.1 Å². The van der Waals surface area contributed by atoms with Crippen LogP contribution in [0.25, 0.3) is 11.4 Å². The lowest BCUT2D eigenvalue weighted by Crippen LogP contribution is -2.49. The minimum atomic E-state index is -1.05. The normalized spacial score (nSPS) is 15.9. The van der Waals surface area contributed by atoms with Crippen molar-refractivity contribution in [3.8, 4) is 11.4 Å². The van der Waals surface area contributed by atoms with Crippen molar-refractivity contribution in [2.24, 2.45) is 5.41 Å². The molecule has 7 heteroatoms. The SMILES string of the molecule is CN1CCn2c(-c3ccccc3)nc(C(=O)NC(C(=O)O)C(C)(C)C)c2C1. The van der Waals surface area contributed by atoms with Crippen molar-refractivity contribution in [3.05, 3.63) is 41.7 Å². The topological polar surface area (TPSA) is 87.5 Å². The molecule has 0 spiro atoms. The standard InChI is InChI=1S/C20H26N4O3/c1-20(2,3)16(19(26)27)22-18(25)15-14-12-23(4)10-11-24(14)17(21-15)13-8-6-5-7-9-13/h5-9,16H,10-12H2,1-4H3,(H,22,25)(H,26,27). The summed E-state index contributed by atoms with van der Waals surface area (Å²) in [4.78, 5) is 31.3. The second kappa shape index (κ2) is 7.15. The monoisotopic (exact) mass is 370 g/mol. The molecule has 2 heterocycles. The summed E-state index contributed by atoms with van der Waals surface area (Å²) in [6, 6.07) is 8.74. The van der Waals surface area contributed by atoms with E-state index in [9.17, 15) is 14.7 Å². The highest BCUT2D eigenvalue weighted by Crippen LogP contribution is 2.27. The number of imidazole rings is 1. The highest BCUT2D eigenvalue weighted by Gasteiger charge is 2.35. The van der Waals surface area contributed by atoms with Crippen molar-refractivity contribution < 1.29 is 14.7 Å². The number of aliphatic carboxylic acids is 1. The van der Waals surface area contributed by atoms with Gasteiger partial charge in [0.25, 0.3) is 5.91 Å². The maximum atomic E-state index is 13.0. The second-order valence-electron chi connectivity index (χ2n) is 8.10. The molecule has 1 aliphatic heterocycles. The van der Waals surface area contributed by atoms with Crippen LogP contribution in [0.3, 0.4) is 0 Å². The number of aromatic nitrogens is 2. The van der Waals surface area contributed by atoms with E-state index in [1.807, 2.05) is 37.4 Å². The summed E-state index contributed by atoms with van der Waals surface area (Å²) in [5.41, 5.74) is 1.45. The van der Waals surface area contributed by atoms with Gasteiger partial charge in [0, 0.05) is 25.2 Å². The van der Waals surface area contributed by atoms with Gasteiger partial charge in [0.15, 0.2) is 5.69 Å². The molecule has 2 aromatic rings. The largest absolute Gasteiger partial charge is 0.480 e. The fourth-order valence-electron chi connectivity index (χ4n) is 3.33. The molecule has 0 saturated heterocycles. The molecule has 144 valence electrons. The van der Waals surface area contributed by atoms with Crippen LogP contribution in [0.15, 0.2) is 30.3 Å². The van der Waals surface area contributed by atoms with Gasteiger partial charge in [-0.25, -0.2) is 9.78 Å². The predicted molar refractivity (Wildman–Crippen MR) is 102 cm³/mol. The van der Waals surface area contributed by atoms with Crippen LogP contribution in [-0.2, 0) is 17.9 Å². The molecule has 7 nitrogen and oxygen atoms in total. The van der Waals surface area contributed by atoms with Gasteiger partial charge in [-0.1, -0.05) is 51.1 Å². The number of nitrogens with one attached hydrogen (secondary N) is 1. The lowest BCUT2D eigenvalue weighted by atomic mass is 9.86. The van der Waals surface area contributed by atoms with E-state index in [-0.39, 0.29) is 0 Å². The molecule has 0 fully saturated rings. The average molecular weight is 370 g/mol. The Morgan fingerprint density at radius 1 is 1.19 bits per heavy atom. The maximum Gasteiger partial charge on any atom is 0.326 e. The quantitative estimate of drug-likeness (QED) is 0.862. The van der Waals surface area contributed by atoms with Crippen molar-refractivity contribution in [1.29, 1.82) is 0 Å². The number of carboxylic acid groups (broad SMARTS) is 1. The van der Waals surface area contributed by atoms with Crippen molar-refractivity contribution in [2.75, 3.05) is 13.6 Å². The van der Waals surface area contributed by atoms with Gasteiger partial charge in [0.05, 0.1) is 5.69 Å². The molecular weight excluding hydrogens is 344 g/mol. The lowest BCUT2D eigenvalue weighted by molar-refractivity contribution is -0.142. The van der Waals surface area contributed by atoms with Crippen molar-refractivity contribution in [1.82, 2.24) is 19.8 Å². The third-order valence-electron chi connectivity index (χ3n) is 4.83. The molecule has 0 radical (unpaired) electrons. The van der Waals surface area contributed by atoms with Crippen molar-refractivity contribution in [3.63, 3.8) is 0 Å². The minimum Gasteiger partial charge on any atom is -0.480 e. The summed E-state index contributed by atoms with van der Waals surface area (Å²) in [5.74, 6) is -0.755. The maximum absolute atomic E-state index is 13.0. The van der Waals surface area contributed by atoms with Crippen LogP contribution >= 0.6 is 0 Å². The van der Waals surface area contributed by atoms with Gasteiger partial charge >= 0.3 is 5.97 Å². The lowest BCUT2D eigenvalue weighted by Gasteiger charge is -2.28. The number of rotatable bonds is 4. The average Bonchev–Trinajstić information content (AvgIpc) is 2.97.